The summed E-state index contributed by atoms with van der Waals surface area (Å²) in [5, 5.41) is 14.7. The molecule has 3 aromatic rings. The molecule has 0 saturated carbocycles. The summed E-state index contributed by atoms with van der Waals surface area (Å²) in [4.78, 5) is 11.7. The first-order chi connectivity index (χ1) is 15.5. The van der Waals surface area contributed by atoms with Crippen molar-refractivity contribution in [1.82, 2.24) is 15.0 Å². The minimum absolute atomic E-state index is 0.0780. The van der Waals surface area contributed by atoms with Crippen molar-refractivity contribution >= 4 is 33.3 Å². The van der Waals surface area contributed by atoms with Gasteiger partial charge in [-0.15, -0.1) is 0 Å². The Kier molecular flexibility index (Phi) is 7.03. The predicted octanol–water partition coefficient (Wildman–Crippen LogP) is 3.13. The molecule has 1 aromatic carbocycles. The van der Waals surface area contributed by atoms with Gasteiger partial charge in [-0.25, -0.2) is 18.4 Å². The first kappa shape index (κ1) is 24.2. The molecule has 3 rings (SSSR count). The SMILES string of the molecule is CN(c1ncccc1CNc1nc(Nc2cccc(CO)c2)ncc1C(F)(F)F)S(C)(=O)=O. The third-order valence-electron chi connectivity index (χ3n) is 4.57. The summed E-state index contributed by atoms with van der Waals surface area (Å²) < 4.78 is 65.3. The Morgan fingerprint density at radius 3 is 2.58 bits per heavy atom. The van der Waals surface area contributed by atoms with Crippen LogP contribution >= 0.6 is 0 Å². The van der Waals surface area contributed by atoms with E-state index in [-0.39, 0.29) is 24.9 Å². The van der Waals surface area contributed by atoms with Crippen LogP contribution in [0.3, 0.4) is 0 Å². The number of halogens is 3. The van der Waals surface area contributed by atoms with Crippen molar-refractivity contribution in [3.8, 4) is 0 Å². The molecule has 0 aliphatic rings. The highest BCUT2D eigenvalue weighted by atomic mass is 32.2. The Morgan fingerprint density at radius 2 is 1.91 bits per heavy atom. The Hall–Kier alpha value is -3.45. The summed E-state index contributed by atoms with van der Waals surface area (Å²) in [6.45, 7) is -0.381. The molecule has 0 saturated heterocycles. The Balaban J connectivity index is 1.91. The maximum atomic E-state index is 13.5. The highest BCUT2D eigenvalue weighted by molar-refractivity contribution is 7.92. The van der Waals surface area contributed by atoms with Gasteiger partial charge in [-0.2, -0.15) is 18.2 Å². The first-order valence-corrected chi connectivity index (χ1v) is 11.4. The van der Waals surface area contributed by atoms with E-state index in [2.05, 4.69) is 25.6 Å². The molecule has 176 valence electrons. The number of alkyl halides is 3. The van der Waals surface area contributed by atoms with E-state index in [1.54, 1.807) is 36.4 Å². The zero-order valence-corrected chi connectivity index (χ0v) is 18.4. The topological polar surface area (TPSA) is 120 Å². The van der Waals surface area contributed by atoms with Gasteiger partial charge in [-0.05, 0) is 23.8 Å². The third kappa shape index (κ3) is 6.08. The summed E-state index contributed by atoms with van der Waals surface area (Å²) in [6.07, 6.45) is -1.69. The number of hydrogen-bond donors (Lipinski definition) is 3. The smallest absolute Gasteiger partial charge is 0.392 e. The second-order valence-electron chi connectivity index (χ2n) is 7.01. The minimum Gasteiger partial charge on any atom is -0.392 e. The van der Waals surface area contributed by atoms with Crippen molar-refractivity contribution in [2.24, 2.45) is 0 Å². The first-order valence-electron chi connectivity index (χ1n) is 9.52. The van der Waals surface area contributed by atoms with E-state index in [0.717, 1.165) is 10.6 Å². The average molecular weight is 482 g/mol. The number of nitrogens with one attached hydrogen (secondary N) is 2. The van der Waals surface area contributed by atoms with E-state index in [9.17, 15) is 26.7 Å². The molecule has 0 fully saturated rings. The van der Waals surface area contributed by atoms with Gasteiger partial charge in [-0.3, -0.25) is 4.31 Å². The third-order valence-corrected chi connectivity index (χ3v) is 5.74. The molecule has 0 aliphatic heterocycles. The summed E-state index contributed by atoms with van der Waals surface area (Å²) in [7, 11) is -2.33. The van der Waals surface area contributed by atoms with Gasteiger partial charge in [0.15, 0.2) is 0 Å². The number of aliphatic hydroxyl groups is 1. The van der Waals surface area contributed by atoms with Crippen LogP contribution in [0.15, 0.2) is 48.8 Å². The van der Waals surface area contributed by atoms with Crippen molar-refractivity contribution in [2.75, 3.05) is 28.2 Å². The largest absolute Gasteiger partial charge is 0.421 e. The van der Waals surface area contributed by atoms with E-state index in [1.807, 2.05) is 0 Å². The van der Waals surface area contributed by atoms with Crippen LogP contribution < -0.4 is 14.9 Å². The molecule has 0 radical (unpaired) electrons. The lowest BCUT2D eigenvalue weighted by Crippen LogP contribution is -2.27. The molecule has 0 aliphatic carbocycles. The summed E-state index contributed by atoms with van der Waals surface area (Å²) >= 11 is 0. The lowest BCUT2D eigenvalue weighted by molar-refractivity contribution is -0.137. The van der Waals surface area contributed by atoms with Crippen LogP contribution in [0.1, 0.15) is 16.7 Å². The number of hydrogen-bond acceptors (Lipinski definition) is 8. The highest BCUT2D eigenvalue weighted by Gasteiger charge is 2.35. The molecular formula is C20H21F3N6O3S. The molecule has 33 heavy (non-hydrogen) atoms. The molecule has 0 bridgehead atoms. The van der Waals surface area contributed by atoms with Gasteiger partial charge < -0.3 is 15.7 Å². The van der Waals surface area contributed by atoms with E-state index in [1.165, 1.54) is 13.2 Å². The zero-order valence-electron chi connectivity index (χ0n) is 17.6. The van der Waals surface area contributed by atoms with Crippen molar-refractivity contribution in [3.63, 3.8) is 0 Å². The molecular weight excluding hydrogens is 461 g/mol. The lowest BCUT2D eigenvalue weighted by Gasteiger charge is -2.20. The molecule has 2 heterocycles. The summed E-state index contributed by atoms with van der Waals surface area (Å²) in [6, 6.07) is 9.70. The quantitative estimate of drug-likeness (QED) is 0.448. The molecule has 0 unspecified atom stereocenters. The Bertz CT molecular complexity index is 1240. The van der Waals surface area contributed by atoms with Crippen LogP contribution in [-0.4, -0.2) is 41.8 Å². The van der Waals surface area contributed by atoms with Gasteiger partial charge in [0.2, 0.25) is 16.0 Å². The van der Waals surface area contributed by atoms with E-state index in [0.29, 0.717) is 23.0 Å². The molecule has 3 N–H and O–H groups in total. The highest BCUT2D eigenvalue weighted by Crippen LogP contribution is 2.34. The van der Waals surface area contributed by atoms with Crippen LogP contribution in [0.5, 0.6) is 0 Å². The Morgan fingerprint density at radius 1 is 1.15 bits per heavy atom. The van der Waals surface area contributed by atoms with E-state index < -0.39 is 27.6 Å². The summed E-state index contributed by atoms with van der Waals surface area (Å²) in [5.74, 6) is -0.510. The van der Waals surface area contributed by atoms with Gasteiger partial charge >= 0.3 is 6.18 Å². The van der Waals surface area contributed by atoms with Crippen LogP contribution in [0.25, 0.3) is 0 Å². The summed E-state index contributed by atoms with van der Waals surface area (Å²) in [5.41, 5.74) is 0.349. The van der Waals surface area contributed by atoms with Gasteiger partial charge in [0.05, 0.1) is 12.9 Å². The van der Waals surface area contributed by atoms with Crippen LogP contribution in [0.4, 0.5) is 36.4 Å². The normalized spacial score (nSPS) is 11.8. The van der Waals surface area contributed by atoms with Crippen LogP contribution in [0, 0.1) is 0 Å². The van der Waals surface area contributed by atoms with Crippen LogP contribution in [0.2, 0.25) is 0 Å². The Labute approximate surface area is 188 Å². The van der Waals surface area contributed by atoms with Crippen LogP contribution in [-0.2, 0) is 29.4 Å². The van der Waals surface area contributed by atoms with Crippen molar-refractivity contribution < 1.29 is 26.7 Å². The van der Waals surface area contributed by atoms with Crippen molar-refractivity contribution in [2.45, 2.75) is 19.3 Å². The molecule has 0 amide bonds. The standard InChI is InChI=1S/C20H21F3N6O3S/c1-29(33(2,31)32)18-14(6-4-8-24-18)10-25-17-16(20(21,22)23)11-26-19(28-17)27-15-7-3-5-13(9-15)12-30/h3-9,11,30H,10,12H2,1-2H3,(H2,25,26,27,28). The number of sulfonamides is 1. The predicted molar refractivity (Wildman–Crippen MR) is 117 cm³/mol. The van der Waals surface area contributed by atoms with Gasteiger partial charge in [0.25, 0.3) is 0 Å². The molecule has 9 nitrogen and oxygen atoms in total. The maximum Gasteiger partial charge on any atom is 0.421 e. The van der Waals surface area contributed by atoms with Gasteiger partial charge in [0, 0.05) is 37.2 Å². The monoisotopic (exact) mass is 482 g/mol. The molecule has 0 spiro atoms. The van der Waals surface area contributed by atoms with Gasteiger partial charge in [-0.1, -0.05) is 18.2 Å². The fourth-order valence-electron chi connectivity index (χ4n) is 2.85. The second kappa shape index (κ2) is 9.58. The number of rotatable bonds is 8. The number of benzene rings is 1. The number of aromatic nitrogens is 3. The number of nitrogens with zero attached hydrogens (tertiary/aromatic N) is 4. The molecule has 0 atom stereocenters. The van der Waals surface area contributed by atoms with Crippen molar-refractivity contribution in [1.29, 1.82) is 0 Å². The fourth-order valence-corrected chi connectivity index (χ4v) is 3.33. The number of pyridine rings is 1. The van der Waals surface area contributed by atoms with E-state index in [4.69, 9.17) is 0 Å². The van der Waals surface area contributed by atoms with E-state index >= 15 is 0 Å². The maximum absolute atomic E-state index is 13.5. The second-order valence-corrected chi connectivity index (χ2v) is 9.02. The average Bonchev–Trinajstić information content (AvgIpc) is 2.76. The van der Waals surface area contributed by atoms with Gasteiger partial charge in [0.1, 0.15) is 17.2 Å². The fraction of sp³-hybridized carbons (Fsp3) is 0.250. The van der Waals surface area contributed by atoms with Crippen molar-refractivity contribution in [3.05, 3.63) is 65.5 Å². The molecule has 13 heteroatoms. The molecule has 2 aromatic heterocycles. The minimum atomic E-state index is -4.72. The lowest BCUT2D eigenvalue weighted by atomic mass is 10.2. The number of aliphatic hydroxyl groups excluding tert-OH is 1. The number of anilines is 4. The zero-order chi connectivity index (χ0) is 24.2.